The quantitative estimate of drug-likeness (QED) is 0.551. The number of nitrogen functional groups attached to an aromatic ring is 1. The van der Waals surface area contributed by atoms with E-state index in [0.29, 0.717) is 5.69 Å². The Balaban J connectivity index is 1.82. The van der Waals surface area contributed by atoms with Gasteiger partial charge in [0.1, 0.15) is 0 Å². The molecule has 0 bridgehead atoms. The van der Waals surface area contributed by atoms with Gasteiger partial charge in [-0.25, -0.2) is 4.98 Å². The molecule has 0 atom stereocenters. The summed E-state index contributed by atoms with van der Waals surface area (Å²) in [5, 5.41) is 1.07. The average Bonchev–Trinajstić information content (AvgIpc) is 2.90. The molecule has 2 aromatic carbocycles. The second kappa shape index (κ2) is 5.02. The largest absolute Gasteiger partial charge is 0.397 e. The molecule has 0 amide bonds. The van der Waals surface area contributed by atoms with Gasteiger partial charge in [0, 0.05) is 16.5 Å². The zero-order valence-corrected chi connectivity index (χ0v) is 12.6. The molecule has 0 saturated heterocycles. The Labute approximate surface area is 129 Å². The van der Waals surface area contributed by atoms with Crippen molar-refractivity contribution < 1.29 is 0 Å². The zero-order valence-electron chi connectivity index (χ0n) is 11.0. The first kappa shape index (κ1) is 12.6. The number of thiazole rings is 1. The van der Waals surface area contributed by atoms with Crippen LogP contribution in [0.4, 0.5) is 5.69 Å². The van der Waals surface area contributed by atoms with Crippen molar-refractivity contribution >= 4 is 49.9 Å². The van der Waals surface area contributed by atoms with Crippen LogP contribution in [0.15, 0.2) is 64.0 Å². The third-order valence-electron chi connectivity index (χ3n) is 3.23. The van der Waals surface area contributed by atoms with Gasteiger partial charge in [0.15, 0.2) is 4.34 Å². The number of rotatable bonds is 2. The van der Waals surface area contributed by atoms with Gasteiger partial charge in [-0.15, -0.1) is 11.3 Å². The fourth-order valence-corrected chi connectivity index (χ4v) is 4.39. The summed E-state index contributed by atoms with van der Waals surface area (Å²) in [7, 11) is 0. The minimum atomic E-state index is 0.708. The van der Waals surface area contributed by atoms with Crippen LogP contribution < -0.4 is 5.73 Å². The molecule has 0 aliphatic rings. The standard InChI is InChI=1S/C16H11N3S2/c17-11-5-3-4-10-13(8-9-18-15(10)11)20-16-19-12-6-1-2-7-14(12)21-16/h1-9H,17H2. The van der Waals surface area contributed by atoms with Crippen LogP contribution in [0.25, 0.3) is 21.1 Å². The molecule has 2 heterocycles. The number of para-hydroxylation sites is 2. The maximum atomic E-state index is 5.99. The normalized spacial score (nSPS) is 11.2. The van der Waals surface area contributed by atoms with Crippen molar-refractivity contribution in [3.05, 3.63) is 54.7 Å². The number of anilines is 1. The smallest absolute Gasteiger partial charge is 0.155 e. The zero-order chi connectivity index (χ0) is 14.2. The summed E-state index contributed by atoms with van der Waals surface area (Å²) < 4.78 is 2.24. The molecule has 4 aromatic rings. The first-order chi connectivity index (χ1) is 10.3. The Morgan fingerprint density at radius 1 is 1.00 bits per heavy atom. The summed E-state index contributed by atoms with van der Waals surface area (Å²) in [6.07, 6.45) is 1.80. The molecule has 0 saturated carbocycles. The van der Waals surface area contributed by atoms with Crippen LogP contribution in [-0.4, -0.2) is 9.97 Å². The second-order valence-electron chi connectivity index (χ2n) is 4.60. The lowest BCUT2D eigenvalue weighted by atomic mass is 10.2. The second-order valence-corrected chi connectivity index (χ2v) is 6.92. The molecule has 0 aliphatic heterocycles. The van der Waals surface area contributed by atoms with E-state index < -0.39 is 0 Å². The van der Waals surface area contributed by atoms with Crippen LogP contribution in [0.2, 0.25) is 0 Å². The van der Waals surface area contributed by atoms with Gasteiger partial charge < -0.3 is 5.73 Å². The third-order valence-corrected chi connectivity index (χ3v) is 5.41. The number of aromatic nitrogens is 2. The fourth-order valence-electron chi connectivity index (χ4n) is 2.25. The van der Waals surface area contributed by atoms with Crippen molar-refractivity contribution in [1.82, 2.24) is 9.97 Å². The number of hydrogen-bond acceptors (Lipinski definition) is 5. The van der Waals surface area contributed by atoms with Crippen molar-refractivity contribution in [2.75, 3.05) is 5.73 Å². The van der Waals surface area contributed by atoms with Crippen molar-refractivity contribution in [3.8, 4) is 0 Å². The van der Waals surface area contributed by atoms with Crippen LogP contribution in [0.3, 0.4) is 0 Å². The van der Waals surface area contributed by atoms with Crippen LogP contribution in [-0.2, 0) is 0 Å². The summed E-state index contributed by atoms with van der Waals surface area (Å²) in [5.74, 6) is 0. The molecule has 21 heavy (non-hydrogen) atoms. The first-order valence-corrected chi connectivity index (χ1v) is 8.11. The third kappa shape index (κ3) is 2.24. The van der Waals surface area contributed by atoms with E-state index in [4.69, 9.17) is 5.73 Å². The topological polar surface area (TPSA) is 51.8 Å². The molecular formula is C16H11N3S2. The highest BCUT2D eigenvalue weighted by Crippen LogP contribution is 2.37. The molecule has 0 unspecified atom stereocenters. The monoisotopic (exact) mass is 309 g/mol. The summed E-state index contributed by atoms with van der Waals surface area (Å²) in [6, 6.07) is 16.1. The number of pyridine rings is 1. The Kier molecular flexibility index (Phi) is 3.02. The van der Waals surface area contributed by atoms with Crippen LogP contribution in [0.5, 0.6) is 0 Å². The van der Waals surface area contributed by atoms with Crippen LogP contribution in [0.1, 0.15) is 0 Å². The average molecular weight is 309 g/mol. The fraction of sp³-hybridized carbons (Fsp3) is 0. The molecule has 3 nitrogen and oxygen atoms in total. The number of fused-ring (bicyclic) bond motifs is 2. The molecule has 2 aromatic heterocycles. The van der Waals surface area contributed by atoms with E-state index >= 15 is 0 Å². The van der Waals surface area contributed by atoms with E-state index in [2.05, 4.69) is 16.0 Å². The Morgan fingerprint density at radius 2 is 1.90 bits per heavy atom. The minimum Gasteiger partial charge on any atom is -0.397 e. The van der Waals surface area contributed by atoms with Gasteiger partial charge in [-0.3, -0.25) is 4.98 Å². The van der Waals surface area contributed by atoms with E-state index in [1.807, 2.05) is 42.5 Å². The van der Waals surface area contributed by atoms with Gasteiger partial charge in [0.2, 0.25) is 0 Å². The summed E-state index contributed by atoms with van der Waals surface area (Å²) in [5.41, 5.74) is 8.60. The van der Waals surface area contributed by atoms with E-state index in [-0.39, 0.29) is 0 Å². The van der Waals surface area contributed by atoms with Gasteiger partial charge in [0.25, 0.3) is 0 Å². The summed E-state index contributed by atoms with van der Waals surface area (Å²) in [4.78, 5) is 10.2. The van der Waals surface area contributed by atoms with Gasteiger partial charge in [-0.1, -0.05) is 36.0 Å². The van der Waals surface area contributed by atoms with Crippen molar-refractivity contribution in [3.63, 3.8) is 0 Å². The molecule has 0 radical (unpaired) electrons. The van der Waals surface area contributed by atoms with Crippen LogP contribution in [0, 0.1) is 0 Å². The number of nitrogens with two attached hydrogens (primary N) is 1. The predicted octanol–water partition coefficient (Wildman–Crippen LogP) is 4.58. The summed E-state index contributed by atoms with van der Waals surface area (Å²) in [6.45, 7) is 0. The SMILES string of the molecule is Nc1cccc2c(Sc3nc4ccccc4s3)ccnc12. The molecule has 0 aliphatic carbocycles. The summed E-state index contributed by atoms with van der Waals surface area (Å²) >= 11 is 3.37. The highest BCUT2D eigenvalue weighted by atomic mass is 32.2. The lowest BCUT2D eigenvalue weighted by Gasteiger charge is -2.05. The Bertz CT molecular complexity index is 913. The Morgan fingerprint density at radius 3 is 2.81 bits per heavy atom. The Hall–Kier alpha value is -2.11. The van der Waals surface area contributed by atoms with Crippen molar-refractivity contribution in [1.29, 1.82) is 0 Å². The van der Waals surface area contributed by atoms with E-state index in [1.54, 1.807) is 29.3 Å². The van der Waals surface area contributed by atoms with E-state index in [0.717, 1.165) is 25.7 Å². The lowest BCUT2D eigenvalue weighted by Crippen LogP contribution is -1.89. The van der Waals surface area contributed by atoms with Crippen molar-refractivity contribution in [2.24, 2.45) is 0 Å². The van der Waals surface area contributed by atoms with Gasteiger partial charge in [0.05, 0.1) is 21.4 Å². The number of nitrogens with zero attached hydrogens (tertiary/aromatic N) is 2. The maximum absolute atomic E-state index is 5.99. The first-order valence-electron chi connectivity index (χ1n) is 6.48. The van der Waals surface area contributed by atoms with E-state index in [1.165, 1.54) is 4.70 Å². The maximum Gasteiger partial charge on any atom is 0.155 e. The van der Waals surface area contributed by atoms with Gasteiger partial charge in [-0.05, 0) is 24.3 Å². The molecule has 4 rings (SSSR count). The highest BCUT2D eigenvalue weighted by molar-refractivity contribution is 8.01. The lowest BCUT2D eigenvalue weighted by molar-refractivity contribution is 1.29. The molecule has 2 N–H and O–H groups in total. The number of hydrogen-bond donors (Lipinski definition) is 1. The minimum absolute atomic E-state index is 0.708. The molecule has 5 heteroatoms. The molecule has 0 spiro atoms. The van der Waals surface area contributed by atoms with Crippen molar-refractivity contribution in [2.45, 2.75) is 9.24 Å². The molecule has 102 valence electrons. The van der Waals surface area contributed by atoms with Gasteiger partial charge in [-0.2, -0.15) is 0 Å². The molecular weight excluding hydrogens is 298 g/mol. The van der Waals surface area contributed by atoms with Crippen LogP contribution >= 0.6 is 23.1 Å². The number of benzene rings is 2. The van der Waals surface area contributed by atoms with E-state index in [9.17, 15) is 0 Å². The van der Waals surface area contributed by atoms with Gasteiger partial charge >= 0.3 is 0 Å². The predicted molar refractivity (Wildman–Crippen MR) is 89.9 cm³/mol. The highest BCUT2D eigenvalue weighted by Gasteiger charge is 2.09. The molecule has 0 fully saturated rings.